The summed E-state index contributed by atoms with van der Waals surface area (Å²) in [5.41, 5.74) is 2.21. The van der Waals surface area contributed by atoms with Crippen LogP contribution in [0.5, 0.6) is 0 Å². The smallest absolute Gasteiger partial charge is 0.207 e. The van der Waals surface area contributed by atoms with Crippen LogP contribution in [0.4, 0.5) is 0 Å². The summed E-state index contributed by atoms with van der Waals surface area (Å²) in [5.74, 6) is 0. The molecule has 1 aliphatic rings. The van der Waals surface area contributed by atoms with Crippen LogP contribution < -0.4 is 0 Å². The van der Waals surface area contributed by atoms with Crippen LogP contribution in [0.3, 0.4) is 0 Å². The average molecular weight is 479 g/mol. The minimum Gasteiger partial charge on any atom is -0.207 e. The van der Waals surface area contributed by atoms with E-state index >= 15 is 0 Å². The maximum absolute atomic E-state index is 13.3. The molecule has 8 heteroatoms. The lowest BCUT2D eigenvalue weighted by Crippen LogP contribution is -2.59. The topological polar surface area (TPSA) is 74.8 Å². The Morgan fingerprint density at radius 1 is 0.656 bits per heavy atom. The Hall–Kier alpha value is -1.74. The quantitative estimate of drug-likeness (QED) is 0.573. The second-order valence-corrected chi connectivity index (χ2v) is 12.4. The fourth-order valence-corrected chi connectivity index (χ4v) is 7.64. The van der Waals surface area contributed by atoms with Crippen molar-refractivity contribution >= 4 is 20.0 Å². The maximum Gasteiger partial charge on any atom is 0.243 e. The molecule has 0 aliphatic carbocycles. The van der Waals surface area contributed by atoms with Crippen LogP contribution in [0.15, 0.2) is 58.3 Å². The SMILES string of the molecule is CCCc1ccc(S(=O)(=O)N2C[C@H](C)N(S(=O)(=O)c3ccc(CCC)cc3)C[C@@H]2C)cc1. The van der Waals surface area contributed by atoms with Gasteiger partial charge in [0.15, 0.2) is 0 Å². The second-order valence-electron chi connectivity index (χ2n) is 8.64. The van der Waals surface area contributed by atoms with E-state index in [-0.39, 0.29) is 22.9 Å². The zero-order valence-electron chi connectivity index (χ0n) is 19.4. The summed E-state index contributed by atoms with van der Waals surface area (Å²) in [6.45, 7) is 7.94. The van der Waals surface area contributed by atoms with Gasteiger partial charge in [-0.05, 0) is 62.1 Å². The van der Waals surface area contributed by atoms with Crippen LogP contribution in [0.25, 0.3) is 0 Å². The van der Waals surface area contributed by atoms with Gasteiger partial charge < -0.3 is 0 Å². The van der Waals surface area contributed by atoms with E-state index in [2.05, 4.69) is 13.8 Å². The summed E-state index contributed by atoms with van der Waals surface area (Å²) in [6.07, 6.45) is 3.81. The standard InChI is InChI=1S/C24H34N2O4S2/c1-5-7-21-9-13-23(14-10-21)31(27,28)25-17-20(4)26(18-19(25)3)32(29,30)24-15-11-22(8-6-2)12-16-24/h9-16,19-20H,5-8,17-18H2,1-4H3/t19-,20-/m0/s1. The van der Waals surface area contributed by atoms with Gasteiger partial charge in [-0.2, -0.15) is 8.61 Å². The second kappa shape index (κ2) is 10.0. The number of benzene rings is 2. The third kappa shape index (κ3) is 5.09. The molecule has 32 heavy (non-hydrogen) atoms. The number of nitrogens with zero attached hydrogens (tertiary/aromatic N) is 2. The lowest BCUT2D eigenvalue weighted by atomic mass is 10.1. The van der Waals surface area contributed by atoms with E-state index in [4.69, 9.17) is 0 Å². The fraction of sp³-hybridized carbons (Fsp3) is 0.500. The average Bonchev–Trinajstić information content (AvgIpc) is 2.76. The highest BCUT2D eigenvalue weighted by Gasteiger charge is 2.41. The maximum atomic E-state index is 13.3. The van der Waals surface area contributed by atoms with Gasteiger partial charge >= 0.3 is 0 Å². The van der Waals surface area contributed by atoms with Crippen LogP contribution >= 0.6 is 0 Å². The van der Waals surface area contributed by atoms with Gasteiger partial charge in [0.05, 0.1) is 9.79 Å². The molecule has 6 nitrogen and oxygen atoms in total. The number of hydrogen-bond acceptors (Lipinski definition) is 4. The van der Waals surface area contributed by atoms with Crippen molar-refractivity contribution in [3.05, 3.63) is 59.7 Å². The van der Waals surface area contributed by atoms with Gasteiger partial charge in [0.2, 0.25) is 20.0 Å². The van der Waals surface area contributed by atoms with Crippen molar-refractivity contribution in [1.29, 1.82) is 0 Å². The van der Waals surface area contributed by atoms with Gasteiger partial charge in [-0.25, -0.2) is 16.8 Å². The lowest BCUT2D eigenvalue weighted by Gasteiger charge is -2.42. The van der Waals surface area contributed by atoms with E-state index in [1.165, 1.54) is 8.61 Å². The summed E-state index contributed by atoms with van der Waals surface area (Å²) >= 11 is 0. The normalized spacial score (nSPS) is 21.0. The highest BCUT2D eigenvalue weighted by Crippen LogP contribution is 2.28. The molecule has 1 saturated heterocycles. The molecule has 2 atom stereocenters. The summed E-state index contributed by atoms with van der Waals surface area (Å²) < 4.78 is 56.0. The van der Waals surface area contributed by atoms with Crippen molar-refractivity contribution in [3.63, 3.8) is 0 Å². The first kappa shape index (κ1) is 24.9. The molecule has 0 N–H and O–H groups in total. The Morgan fingerprint density at radius 2 is 0.969 bits per heavy atom. The first-order chi connectivity index (χ1) is 15.1. The zero-order valence-corrected chi connectivity index (χ0v) is 21.0. The molecule has 2 aromatic carbocycles. The third-order valence-corrected chi connectivity index (χ3v) is 10.00. The molecular formula is C24H34N2O4S2. The molecule has 176 valence electrons. The van der Waals surface area contributed by atoms with E-state index in [1.807, 2.05) is 24.3 Å². The lowest BCUT2D eigenvalue weighted by molar-refractivity contribution is 0.163. The van der Waals surface area contributed by atoms with E-state index in [0.717, 1.165) is 36.8 Å². The van der Waals surface area contributed by atoms with Crippen molar-refractivity contribution in [2.75, 3.05) is 13.1 Å². The van der Waals surface area contributed by atoms with Gasteiger partial charge in [0, 0.05) is 25.2 Å². The van der Waals surface area contributed by atoms with E-state index in [0.29, 0.717) is 0 Å². The first-order valence-corrected chi connectivity index (χ1v) is 14.2. The Kier molecular flexibility index (Phi) is 7.81. The van der Waals surface area contributed by atoms with E-state index in [1.54, 1.807) is 38.1 Å². The van der Waals surface area contributed by atoms with Gasteiger partial charge in [0.1, 0.15) is 0 Å². The van der Waals surface area contributed by atoms with Crippen molar-refractivity contribution in [3.8, 4) is 0 Å². The third-order valence-electron chi connectivity index (χ3n) is 6.01. The molecule has 3 rings (SSSR count). The first-order valence-electron chi connectivity index (χ1n) is 11.3. The van der Waals surface area contributed by atoms with Gasteiger partial charge in [-0.3, -0.25) is 0 Å². The molecule has 1 aliphatic heterocycles. The molecule has 0 saturated carbocycles. The van der Waals surface area contributed by atoms with Crippen molar-refractivity contribution in [1.82, 2.24) is 8.61 Å². The highest BCUT2D eigenvalue weighted by molar-refractivity contribution is 7.89. The summed E-state index contributed by atoms with van der Waals surface area (Å²) in [5, 5.41) is 0. The number of rotatable bonds is 8. The van der Waals surface area contributed by atoms with Gasteiger partial charge in [-0.15, -0.1) is 0 Å². The summed E-state index contributed by atoms with van der Waals surface area (Å²) in [4.78, 5) is 0.499. The molecule has 1 fully saturated rings. The molecule has 1 heterocycles. The molecule has 0 amide bonds. The minimum atomic E-state index is -3.71. The fourth-order valence-electron chi connectivity index (χ4n) is 4.24. The van der Waals surface area contributed by atoms with Gasteiger partial charge in [0.25, 0.3) is 0 Å². The molecule has 2 aromatic rings. The van der Waals surface area contributed by atoms with Gasteiger partial charge in [-0.1, -0.05) is 51.0 Å². The summed E-state index contributed by atoms with van der Waals surface area (Å²) in [7, 11) is -7.42. The van der Waals surface area contributed by atoms with Crippen LogP contribution in [0.1, 0.15) is 51.7 Å². The number of hydrogen-bond donors (Lipinski definition) is 0. The van der Waals surface area contributed by atoms with Crippen LogP contribution in [-0.4, -0.2) is 50.6 Å². The molecule has 0 unspecified atom stereocenters. The Bertz CT molecular complexity index is 1020. The zero-order chi connectivity index (χ0) is 23.5. The largest absolute Gasteiger partial charge is 0.243 e. The number of piperazine rings is 1. The van der Waals surface area contributed by atoms with Crippen molar-refractivity contribution in [2.24, 2.45) is 0 Å². The molecule has 0 spiro atoms. The Labute approximate surface area is 193 Å². The summed E-state index contributed by atoms with van der Waals surface area (Å²) in [6, 6.07) is 13.1. The minimum absolute atomic E-state index is 0.118. The van der Waals surface area contributed by atoms with Crippen LogP contribution in [0, 0.1) is 0 Å². The Balaban J connectivity index is 1.81. The van der Waals surface area contributed by atoms with Crippen molar-refractivity contribution in [2.45, 2.75) is 75.3 Å². The molecule has 0 radical (unpaired) electrons. The van der Waals surface area contributed by atoms with Crippen molar-refractivity contribution < 1.29 is 16.8 Å². The van der Waals surface area contributed by atoms with E-state index in [9.17, 15) is 16.8 Å². The monoisotopic (exact) mass is 478 g/mol. The number of aryl methyl sites for hydroxylation is 2. The van der Waals surface area contributed by atoms with Crippen LogP contribution in [-0.2, 0) is 32.9 Å². The molecule has 0 bridgehead atoms. The predicted octanol–water partition coefficient (Wildman–Crippen LogP) is 4.06. The number of sulfonamides is 2. The predicted molar refractivity (Wildman–Crippen MR) is 128 cm³/mol. The van der Waals surface area contributed by atoms with E-state index < -0.39 is 32.1 Å². The van der Waals surface area contributed by atoms with Crippen LogP contribution in [0.2, 0.25) is 0 Å². The molecule has 0 aromatic heterocycles. The highest BCUT2D eigenvalue weighted by atomic mass is 32.2. The Morgan fingerprint density at radius 3 is 1.25 bits per heavy atom. The molecular weight excluding hydrogens is 444 g/mol.